The molecule has 0 saturated heterocycles. The average Bonchev–Trinajstić information content (AvgIpc) is 2.47. The predicted octanol–water partition coefficient (Wildman–Crippen LogP) is 0.792. The Bertz CT molecular complexity index is 204. The van der Waals surface area contributed by atoms with Crippen LogP contribution in [0.4, 0.5) is 0 Å². The number of hydrogen-bond acceptors (Lipinski definition) is 5. The number of hydrogen-bond donors (Lipinski definition) is 5. The molecule has 0 fully saturated rings. The second kappa shape index (κ2) is 13.8. The monoisotopic (exact) mass is 291 g/mol. The molecular weight excluding hydrogens is 258 g/mol. The molecule has 0 spiro atoms. The lowest BCUT2D eigenvalue weighted by atomic mass is 10.1. The molecule has 0 aliphatic carbocycles. The van der Waals surface area contributed by atoms with E-state index in [0.717, 1.165) is 13.0 Å². The Balaban J connectivity index is 3.31. The summed E-state index contributed by atoms with van der Waals surface area (Å²) in [5, 5.41) is 39.9. The van der Waals surface area contributed by atoms with Crippen molar-refractivity contribution in [1.82, 2.24) is 5.32 Å². The summed E-state index contributed by atoms with van der Waals surface area (Å²) < 4.78 is 0. The van der Waals surface area contributed by atoms with E-state index in [1.54, 1.807) is 0 Å². The van der Waals surface area contributed by atoms with Crippen LogP contribution in [-0.2, 0) is 0 Å². The topological polar surface area (TPSA) is 93.0 Å². The Hall–Kier alpha value is -0.200. The van der Waals surface area contributed by atoms with Crippen molar-refractivity contribution < 1.29 is 20.4 Å². The van der Waals surface area contributed by atoms with E-state index in [9.17, 15) is 15.3 Å². The zero-order valence-corrected chi connectivity index (χ0v) is 12.8. The molecule has 0 aromatic heterocycles. The number of nitrogens with one attached hydrogen (secondary N) is 1. The molecule has 5 heteroatoms. The fourth-order valence-electron chi connectivity index (χ4n) is 2.12. The minimum absolute atomic E-state index is 0.231. The zero-order chi connectivity index (χ0) is 15.2. The van der Waals surface area contributed by atoms with Crippen molar-refractivity contribution in [3.8, 4) is 0 Å². The molecule has 0 rings (SSSR count). The first-order valence-electron chi connectivity index (χ1n) is 7.99. The summed E-state index contributed by atoms with van der Waals surface area (Å²) >= 11 is 0. The van der Waals surface area contributed by atoms with Gasteiger partial charge in [-0.05, 0) is 13.0 Å². The van der Waals surface area contributed by atoms with Crippen molar-refractivity contribution in [3.05, 3.63) is 0 Å². The maximum Gasteiger partial charge on any atom is 0.109 e. The van der Waals surface area contributed by atoms with Gasteiger partial charge in [0.25, 0.3) is 0 Å². The van der Waals surface area contributed by atoms with Gasteiger partial charge in [-0.3, -0.25) is 0 Å². The van der Waals surface area contributed by atoms with Crippen molar-refractivity contribution >= 4 is 0 Å². The van der Waals surface area contributed by atoms with Crippen LogP contribution in [0.2, 0.25) is 0 Å². The van der Waals surface area contributed by atoms with Crippen LogP contribution in [0.3, 0.4) is 0 Å². The van der Waals surface area contributed by atoms with Gasteiger partial charge in [0.15, 0.2) is 0 Å². The van der Waals surface area contributed by atoms with Crippen LogP contribution >= 0.6 is 0 Å². The Morgan fingerprint density at radius 1 is 0.800 bits per heavy atom. The molecule has 0 amide bonds. The van der Waals surface area contributed by atoms with Crippen molar-refractivity contribution in [3.63, 3.8) is 0 Å². The van der Waals surface area contributed by atoms with Crippen LogP contribution in [0.15, 0.2) is 0 Å². The van der Waals surface area contributed by atoms with E-state index in [-0.39, 0.29) is 6.54 Å². The standard InChI is InChI=1S/C15H33NO4/c1-2-3-4-5-6-7-8-9-10-16-11-13(18)15(20)14(19)12-17/h13-20H,2-12H2,1H3. The van der Waals surface area contributed by atoms with Crippen LogP contribution in [0.25, 0.3) is 0 Å². The van der Waals surface area contributed by atoms with Gasteiger partial charge in [-0.2, -0.15) is 0 Å². The molecule has 3 atom stereocenters. The summed E-state index contributed by atoms with van der Waals surface area (Å²) in [6, 6.07) is 0. The van der Waals surface area contributed by atoms with Gasteiger partial charge in [-0.1, -0.05) is 51.9 Å². The Labute approximate surface area is 123 Å². The fraction of sp³-hybridized carbons (Fsp3) is 1.00. The number of unbranched alkanes of at least 4 members (excludes halogenated alkanes) is 7. The maximum atomic E-state index is 9.56. The quantitative estimate of drug-likeness (QED) is 0.305. The second-order valence-electron chi connectivity index (χ2n) is 5.49. The largest absolute Gasteiger partial charge is 0.394 e. The molecule has 0 heterocycles. The molecule has 0 aliphatic rings. The second-order valence-corrected chi connectivity index (χ2v) is 5.49. The van der Waals surface area contributed by atoms with Gasteiger partial charge in [-0.15, -0.1) is 0 Å². The molecule has 5 nitrogen and oxygen atoms in total. The lowest BCUT2D eigenvalue weighted by Crippen LogP contribution is -2.44. The van der Waals surface area contributed by atoms with Gasteiger partial charge in [0.1, 0.15) is 12.2 Å². The van der Waals surface area contributed by atoms with Gasteiger partial charge >= 0.3 is 0 Å². The minimum Gasteiger partial charge on any atom is -0.394 e. The summed E-state index contributed by atoms with van der Waals surface area (Å²) in [7, 11) is 0. The molecule has 0 bridgehead atoms. The van der Waals surface area contributed by atoms with Gasteiger partial charge in [0.05, 0.1) is 12.7 Å². The van der Waals surface area contributed by atoms with Crippen LogP contribution in [0, 0.1) is 0 Å². The number of rotatable bonds is 14. The Kier molecular flexibility index (Phi) is 13.6. The normalized spacial score (nSPS) is 16.1. The van der Waals surface area contributed by atoms with Crippen molar-refractivity contribution in [1.29, 1.82) is 0 Å². The first-order valence-corrected chi connectivity index (χ1v) is 7.99. The highest BCUT2D eigenvalue weighted by Gasteiger charge is 2.23. The summed E-state index contributed by atoms with van der Waals surface area (Å²) in [6.07, 6.45) is 6.43. The maximum absolute atomic E-state index is 9.56. The van der Waals surface area contributed by atoms with Crippen LogP contribution in [0.1, 0.15) is 58.3 Å². The van der Waals surface area contributed by atoms with E-state index in [0.29, 0.717) is 0 Å². The van der Waals surface area contributed by atoms with Crippen LogP contribution < -0.4 is 5.32 Å². The smallest absolute Gasteiger partial charge is 0.109 e. The van der Waals surface area contributed by atoms with E-state index in [1.165, 1.54) is 44.9 Å². The fourth-order valence-corrected chi connectivity index (χ4v) is 2.12. The van der Waals surface area contributed by atoms with Crippen molar-refractivity contribution in [2.45, 2.75) is 76.6 Å². The van der Waals surface area contributed by atoms with E-state index >= 15 is 0 Å². The summed E-state index contributed by atoms with van der Waals surface area (Å²) in [4.78, 5) is 0. The molecule has 20 heavy (non-hydrogen) atoms. The zero-order valence-electron chi connectivity index (χ0n) is 12.8. The van der Waals surface area contributed by atoms with Gasteiger partial charge in [-0.25, -0.2) is 0 Å². The van der Waals surface area contributed by atoms with E-state index in [2.05, 4.69) is 12.2 Å². The summed E-state index contributed by atoms with van der Waals surface area (Å²) in [5.41, 5.74) is 0. The van der Waals surface area contributed by atoms with E-state index in [1.807, 2.05) is 0 Å². The third-order valence-electron chi connectivity index (χ3n) is 3.54. The van der Waals surface area contributed by atoms with E-state index in [4.69, 9.17) is 5.11 Å². The highest BCUT2D eigenvalue weighted by atomic mass is 16.4. The molecule has 0 aromatic rings. The molecule has 0 aromatic carbocycles. The summed E-state index contributed by atoms with van der Waals surface area (Å²) in [6.45, 7) is 2.70. The minimum atomic E-state index is -1.30. The molecule has 122 valence electrons. The van der Waals surface area contributed by atoms with Gasteiger partial charge in [0, 0.05) is 6.54 Å². The molecule has 0 aliphatic heterocycles. The third-order valence-corrected chi connectivity index (χ3v) is 3.54. The van der Waals surface area contributed by atoms with Crippen molar-refractivity contribution in [2.75, 3.05) is 19.7 Å². The lowest BCUT2D eigenvalue weighted by Gasteiger charge is -2.21. The first-order chi connectivity index (χ1) is 9.63. The van der Waals surface area contributed by atoms with Gasteiger partial charge < -0.3 is 25.7 Å². The third kappa shape index (κ3) is 10.6. The molecule has 3 unspecified atom stereocenters. The van der Waals surface area contributed by atoms with E-state index < -0.39 is 24.9 Å². The molecular formula is C15H33NO4. The summed E-state index contributed by atoms with van der Waals surface area (Å²) in [5.74, 6) is 0. The lowest BCUT2D eigenvalue weighted by molar-refractivity contribution is -0.0749. The Morgan fingerprint density at radius 3 is 1.90 bits per heavy atom. The Morgan fingerprint density at radius 2 is 1.35 bits per heavy atom. The van der Waals surface area contributed by atoms with Gasteiger partial charge in [0.2, 0.25) is 0 Å². The number of aliphatic hydroxyl groups is 4. The molecule has 5 N–H and O–H groups in total. The van der Waals surface area contributed by atoms with Crippen LogP contribution in [-0.4, -0.2) is 58.4 Å². The SMILES string of the molecule is CCCCCCCCCCNCC(O)C(O)C(O)CO. The highest BCUT2D eigenvalue weighted by molar-refractivity contribution is 4.76. The first kappa shape index (κ1) is 19.8. The van der Waals surface area contributed by atoms with Crippen molar-refractivity contribution in [2.24, 2.45) is 0 Å². The molecule has 0 saturated carbocycles. The highest BCUT2D eigenvalue weighted by Crippen LogP contribution is 2.08. The number of aliphatic hydroxyl groups excluding tert-OH is 4. The van der Waals surface area contributed by atoms with Crippen LogP contribution in [0.5, 0.6) is 0 Å². The predicted molar refractivity (Wildman–Crippen MR) is 80.6 cm³/mol. The average molecular weight is 291 g/mol. The molecule has 0 radical (unpaired) electrons.